The van der Waals surface area contributed by atoms with Crippen molar-refractivity contribution in [1.29, 1.82) is 0 Å². The maximum Gasteiger partial charge on any atom is 0.435 e. The third kappa shape index (κ3) is 1.09. The first-order chi connectivity index (χ1) is 6.93. The fraction of sp³-hybridized carbons (Fsp3) is 0. The second-order valence-corrected chi connectivity index (χ2v) is 3.82. The van der Waals surface area contributed by atoms with Gasteiger partial charge in [-0.25, -0.2) is 4.98 Å². The molecule has 2 aromatic heterocycles. The highest BCUT2D eigenvalue weighted by Crippen LogP contribution is 2.08. The number of fused-ring (bicyclic) bond motifs is 1. The van der Waals surface area contributed by atoms with E-state index in [1.807, 2.05) is 29.6 Å². The molecule has 3 nitrogen and oxygen atoms in total. The van der Waals surface area contributed by atoms with Crippen molar-refractivity contribution in [2.24, 2.45) is 4.99 Å². The fourth-order valence-corrected chi connectivity index (χ4v) is 1.97. The van der Waals surface area contributed by atoms with Crippen molar-refractivity contribution in [3.05, 3.63) is 51.6 Å². The van der Waals surface area contributed by atoms with Crippen LogP contribution in [-0.4, -0.2) is 10.8 Å². The first kappa shape index (κ1) is 7.62. The summed E-state index contributed by atoms with van der Waals surface area (Å²) in [5.74, 6) is 0.772. The summed E-state index contributed by atoms with van der Waals surface area (Å²) in [6.45, 7) is 0. The SMILES string of the molecule is c1csc(C2=[N+]=c3cccnc3=N2)c1. The third-order valence-corrected chi connectivity index (χ3v) is 2.81. The second kappa shape index (κ2) is 2.87. The molecule has 66 valence electrons. The summed E-state index contributed by atoms with van der Waals surface area (Å²) in [7, 11) is 0. The molecular weight excluding hydrogens is 194 g/mol. The van der Waals surface area contributed by atoms with Crippen LogP contribution in [-0.2, 0) is 0 Å². The average molecular weight is 200 g/mol. The summed E-state index contributed by atoms with van der Waals surface area (Å²) in [6, 6.07) is 7.80. The summed E-state index contributed by atoms with van der Waals surface area (Å²) < 4.78 is 4.39. The first-order valence-electron chi connectivity index (χ1n) is 4.23. The molecule has 0 saturated carbocycles. The van der Waals surface area contributed by atoms with Crippen molar-refractivity contribution in [3.63, 3.8) is 0 Å². The van der Waals surface area contributed by atoms with Crippen molar-refractivity contribution in [3.8, 4) is 0 Å². The molecule has 0 amide bonds. The van der Waals surface area contributed by atoms with Gasteiger partial charge in [0.15, 0.2) is 0 Å². The van der Waals surface area contributed by atoms with E-state index in [0.717, 1.165) is 21.6 Å². The lowest BCUT2D eigenvalue weighted by atomic mass is 10.4. The number of amidine groups is 1. The van der Waals surface area contributed by atoms with E-state index < -0.39 is 0 Å². The van der Waals surface area contributed by atoms with Crippen LogP contribution in [0.25, 0.3) is 0 Å². The van der Waals surface area contributed by atoms with Crippen LogP contribution in [0.5, 0.6) is 0 Å². The molecule has 0 bridgehead atoms. The summed E-state index contributed by atoms with van der Waals surface area (Å²) in [5, 5.41) is 2.87. The average Bonchev–Trinajstić information content (AvgIpc) is 2.86. The normalized spacial score (nSPS) is 12.7. The Morgan fingerprint density at radius 1 is 1.21 bits per heavy atom. The summed E-state index contributed by atoms with van der Waals surface area (Å²) >= 11 is 1.64. The highest BCUT2D eigenvalue weighted by atomic mass is 32.1. The Hall–Kier alpha value is -1.77. The topological polar surface area (TPSA) is 39.4 Å². The minimum Gasteiger partial charge on any atom is -0.209 e. The van der Waals surface area contributed by atoms with Gasteiger partial charge in [0.25, 0.3) is 5.36 Å². The van der Waals surface area contributed by atoms with Crippen molar-refractivity contribution in [1.82, 2.24) is 9.65 Å². The maximum atomic E-state index is 4.39. The van der Waals surface area contributed by atoms with Crippen molar-refractivity contribution in [2.75, 3.05) is 0 Å². The molecule has 3 rings (SSSR count). The molecule has 0 fully saturated rings. The molecule has 0 aromatic carbocycles. The quantitative estimate of drug-likeness (QED) is 0.593. The predicted octanol–water partition coefficient (Wildman–Crippen LogP) is -0.0901. The van der Waals surface area contributed by atoms with Crippen LogP contribution in [0.2, 0.25) is 0 Å². The van der Waals surface area contributed by atoms with Crippen LogP contribution in [0.15, 0.2) is 40.8 Å². The zero-order chi connectivity index (χ0) is 9.38. The predicted molar refractivity (Wildman–Crippen MR) is 54.7 cm³/mol. The van der Waals surface area contributed by atoms with Crippen LogP contribution in [0.3, 0.4) is 0 Å². The zero-order valence-electron chi connectivity index (χ0n) is 7.21. The summed E-state index contributed by atoms with van der Waals surface area (Å²) in [5.41, 5.74) is 0.718. The van der Waals surface area contributed by atoms with E-state index in [4.69, 9.17) is 0 Å². The molecule has 14 heavy (non-hydrogen) atoms. The standard InChI is InChI=1S/C10H6N3S/c1-3-7-9(11-5-1)13-10(12-7)8-4-2-6-14-8/h1-6H/q+1. The van der Waals surface area contributed by atoms with Crippen LogP contribution >= 0.6 is 11.3 Å². The lowest BCUT2D eigenvalue weighted by Crippen LogP contribution is -2.26. The highest BCUT2D eigenvalue weighted by molar-refractivity contribution is 7.12. The molecular formula is C10H6N3S+. The van der Waals surface area contributed by atoms with Gasteiger partial charge in [-0.05, 0) is 17.5 Å². The van der Waals surface area contributed by atoms with Gasteiger partial charge in [-0.15, -0.1) is 11.3 Å². The Morgan fingerprint density at radius 3 is 3.00 bits per heavy atom. The third-order valence-electron chi connectivity index (χ3n) is 1.95. The van der Waals surface area contributed by atoms with Gasteiger partial charge in [-0.3, -0.25) is 0 Å². The van der Waals surface area contributed by atoms with Crippen molar-refractivity contribution < 1.29 is 0 Å². The number of thiophene rings is 1. The second-order valence-electron chi connectivity index (χ2n) is 2.87. The molecule has 0 spiro atoms. The summed E-state index contributed by atoms with van der Waals surface area (Å²) in [6.07, 6.45) is 1.73. The molecule has 0 atom stereocenters. The molecule has 4 heteroatoms. The largest absolute Gasteiger partial charge is 0.435 e. The Morgan fingerprint density at radius 2 is 2.21 bits per heavy atom. The van der Waals surface area contributed by atoms with Gasteiger partial charge in [0, 0.05) is 17.3 Å². The molecule has 0 N–H and O–H groups in total. The minimum absolute atomic E-state index is 0.718. The molecule has 2 aromatic rings. The van der Waals surface area contributed by atoms with Gasteiger partial charge in [0.2, 0.25) is 0 Å². The Kier molecular flexibility index (Phi) is 1.56. The Labute approximate surface area is 83.8 Å². The molecule has 3 heterocycles. The molecule has 1 aliphatic rings. The fourth-order valence-electron chi connectivity index (χ4n) is 1.32. The van der Waals surface area contributed by atoms with Crippen LogP contribution < -0.4 is 15.5 Å². The lowest BCUT2D eigenvalue weighted by molar-refractivity contribution is 1.13. The number of pyridine rings is 1. The molecule has 0 aliphatic carbocycles. The zero-order valence-corrected chi connectivity index (χ0v) is 8.03. The number of nitrogens with zero attached hydrogens (tertiary/aromatic N) is 3. The van der Waals surface area contributed by atoms with Gasteiger partial charge in [-0.1, -0.05) is 6.07 Å². The van der Waals surface area contributed by atoms with Crippen LogP contribution in [0.4, 0.5) is 0 Å². The van der Waals surface area contributed by atoms with E-state index in [9.17, 15) is 0 Å². The van der Waals surface area contributed by atoms with Gasteiger partial charge < -0.3 is 0 Å². The lowest BCUT2D eigenvalue weighted by Gasteiger charge is -1.73. The summed E-state index contributed by atoms with van der Waals surface area (Å²) in [4.78, 5) is 9.57. The molecule has 0 unspecified atom stereocenters. The van der Waals surface area contributed by atoms with E-state index in [2.05, 4.69) is 14.6 Å². The van der Waals surface area contributed by atoms with E-state index in [1.54, 1.807) is 17.5 Å². The molecule has 0 saturated heterocycles. The van der Waals surface area contributed by atoms with Crippen LogP contribution in [0.1, 0.15) is 4.88 Å². The number of hydrogen-bond acceptors (Lipinski definition) is 3. The number of hydrogen-bond donors (Lipinski definition) is 0. The highest BCUT2D eigenvalue weighted by Gasteiger charge is 2.19. The number of rotatable bonds is 1. The van der Waals surface area contributed by atoms with Crippen LogP contribution in [0, 0.1) is 0 Å². The molecule has 1 aliphatic heterocycles. The van der Waals surface area contributed by atoms with Gasteiger partial charge in [0.05, 0.1) is 0 Å². The number of aromatic nitrogens is 1. The maximum absolute atomic E-state index is 4.39. The van der Waals surface area contributed by atoms with E-state index in [1.165, 1.54) is 0 Å². The minimum atomic E-state index is 0.718. The first-order valence-corrected chi connectivity index (χ1v) is 5.11. The Balaban J connectivity index is 2.29. The van der Waals surface area contributed by atoms with Gasteiger partial charge in [-0.2, -0.15) is 4.67 Å². The molecule has 0 radical (unpaired) electrons. The monoisotopic (exact) mass is 200 g/mol. The Bertz CT molecular complexity index is 622. The van der Waals surface area contributed by atoms with Crippen molar-refractivity contribution in [2.45, 2.75) is 0 Å². The van der Waals surface area contributed by atoms with Crippen molar-refractivity contribution >= 4 is 17.2 Å². The van der Waals surface area contributed by atoms with Gasteiger partial charge in [0.1, 0.15) is 4.88 Å². The smallest absolute Gasteiger partial charge is 0.209 e. The van der Waals surface area contributed by atoms with E-state index in [-0.39, 0.29) is 0 Å². The van der Waals surface area contributed by atoms with E-state index >= 15 is 0 Å². The van der Waals surface area contributed by atoms with Gasteiger partial charge >= 0.3 is 11.3 Å². The van der Waals surface area contributed by atoms with E-state index in [0.29, 0.717) is 0 Å².